The van der Waals surface area contributed by atoms with Gasteiger partial charge in [-0.25, -0.2) is 0 Å². The van der Waals surface area contributed by atoms with E-state index in [9.17, 15) is 0 Å². The molecule has 0 spiro atoms. The van der Waals surface area contributed by atoms with Crippen LogP contribution in [0.3, 0.4) is 0 Å². The minimum Gasteiger partial charge on any atom is -0.394 e. The van der Waals surface area contributed by atoms with Gasteiger partial charge in [0.2, 0.25) is 0 Å². The van der Waals surface area contributed by atoms with Crippen LogP contribution >= 0.6 is 0 Å². The lowest BCUT2D eigenvalue weighted by Crippen LogP contribution is -2.33. The van der Waals surface area contributed by atoms with Crippen LogP contribution in [-0.4, -0.2) is 39.5 Å². The first kappa shape index (κ1) is 15.3. The fourth-order valence-electron chi connectivity index (χ4n) is 3.39. The summed E-state index contributed by atoms with van der Waals surface area (Å²) in [5, 5.41) is 13.4. The highest BCUT2D eigenvalue weighted by molar-refractivity contribution is 5.25. The van der Waals surface area contributed by atoms with E-state index in [1.807, 2.05) is 10.9 Å². The Bertz CT molecular complexity index is 600. The first-order valence-electron chi connectivity index (χ1n) is 8.17. The molecule has 1 N–H and O–H groups in total. The Kier molecular flexibility index (Phi) is 4.90. The van der Waals surface area contributed by atoms with Gasteiger partial charge in [-0.3, -0.25) is 9.58 Å². The number of nitrogens with zero attached hydrogens (tertiary/aromatic N) is 3. The Morgan fingerprint density at radius 3 is 2.68 bits per heavy atom. The summed E-state index contributed by atoms with van der Waals surface area (Å²) in [6.45, 7) is 6.25. The molecular formula is C18H25N3O. The maximum Gasteiger partial charge on any atom is 0.0644 e. The van der Waals surface area contributed by atoms with Crippen molar-refractivity contribution < 1.29 is 5.11 Å². The number of hydrogen-bond acceptors (Lipinski definition) is 3. The predicted molar refractivity (Wildman–Crippen MR) is 87.7 cm³/mol. The van der Waals surface area contributed by atoms with Crippen molar-refractivity contribution in [2.24, 2.45) is 0 Å². The fourth-order valence-corrected chi connectivity index (χ4v) is 3.39. The molecule has 1 aliphatic heterocycles. The Morgan fingerprint density at radius 1 is 1.18 bits per heavy atom. The van der Waals surface area contributed by atoms with Crippen LogP contribution < -0.4 is 0 Å². The fraction of sp³-hybridized carbons (Fsp3) is 0.500. The van der Waals surface area contributed by atoms with E-state index in [2.05, 4.69) is 47.3 Å². The highest BCUT2D eigenvalue weighted by Crippen LogP contribution is 2.28. The van der Waals surface area contributed by atoms with Gasteiger partial charge in [0.25, 0.3) is 0 Å². The Labute approximate surface area is 132 Å². The van der Waals surface area contributed by atoms with Crippen LogP contribution in [-0.2, 0) is 13.1 Å². The second kappa shape index (κ2) is 7.07. The number of benzene rings is 1. The van der Waals surface area contributed by atoms with Gasteiger partial charge in [0.05, 0.1) is 13.2 Å². The van der Waals surface area contributed by atoms with Crippen molar-refractivity contribution in [1.29, 1.82) is 0 Å². The number of aliphatic hydroxyl groups excluding tert-OH is 1. The number of aryl methyl sites for hydroxylation is 1. The molecule has 0 amide bonds. The number of piperidine rings is 1. The summed E-state index contributed by atoms with van der Waals surface area (Å²) in [4.78, 5) is 2.55. The van der Waals surface area contributed by atoms with Crippen molar-refractivity contribution in [1.82, 2.24) is 14.7 Å². The van der Waals surface area contributed by atoms with Gasteiger partial charge in [-0.1, -0.05) is 24.3 Å². The van der Waals surface area contributed by atoms with Gasteiger partial charge in [0.1, 0.15) is 0 Å². The van der Waals surface area contributed by atoms with E-state index < -0.39 is 0 Å². The molecule has 1 fully saturated rings. The molecule has 2 aromatic rings. The molecule has 0 bridgehead atoms. The van der Waals surface area contributed by atoms with Crippen molar-refractivity contribution in [2.75, 3.05) is 19.7 Å². The highest BCUT2D eigenvalue weighted by atomic mass is 16.3. The van der Waals surface area contributed by atoms with Crippen molar-refractivity contribution >= 4 is 0 Å². The molecule has 0 aliphatic carbocycles. The monoisotopic (exact) mass is 299 g/mol. The van der Waals surface area contributed by atoms with Crippen LogP contribution in [0.2, 0.25) is 0 Å². The van der Waals surface area contributed by atoms with Gasteiger partial charge in [0, 0.05) is 24.4 Å². The van der Waals surface area contributed by atoms with E-state index in [4.69, 9.17) is 5.11 Å². The van der Waals surface area contributed by atoms with Gasteiger partial charge in [-0.2, -0.15) is 5.10 Å². The quantitative estimate of drug-likeness (QED) is 0.922. The Hall–Kier alpha value is -1.65. The average Bonchev–Trinajstić information content (AvgIpc) is 2.99. The molecular weight excluding hydrogens is 274 g/mol. The summed E-state index contributed by atoms with van der Waals surface area (Å²) >= 11 is 0. The summed E-state index contributed by atoms with van der Waals surface area (Å²) < 4.78 is 1.96. The molecule has 0 radical (unpaired) electrons. The molecule has 2 heterocycles. The summed E-state index contributed by atoms with van der Waals surface area (Å²) in [6, 6.07) is 10.8. The molecule has 118 valence electrons. The number of aliphatic hydroxyl groups is 1. The van der Waals surface area contributed by atoms with Crippen molar-refractivity contribution in [3.8, 4) is 0 Å². The first-order chi connectivity index (χ1) is 10.8. The zero-order valence-corrected chi connectivity index (χ0v) is 13.3. The molecule has 1 saturated heterocycles. The van der Waals surface area contributed by atoms with Gasteiger partial charge in [0.15, 0.2) is 0 Å². The lowest BCUT2D eigenvalue weighted by Gasteiger charge is -2.32. The molecule has 1 aliphatic rings. The van der Waals surface area contributed by atoms with Gasteiger partial charge in [-0.15, -0.1) is 0 Å². The second-order valence-corrected chi connectivity index (χ2v) is 6.18. The molecule has 1 aromatic carbocycles. The highest BCUT2D eigenvalue weighted by Gasteiger charge is 2.23. The minimum atomic E-state index is 0.154. The van der Waals surface area contributed by atoms with Crippen LogP contribution in [0.15, 0.2) is 36.5 Å². The van der Waals surface area contributed by atoms with Gasteiger partial charge >= 0.3 is 0 Å². The average molecular weight is 299 g/mol. The Balaban J connectivity index is 1.58. The molecule has 0 unspecified atom stereocenters. The maximum atomic E-state index is 9.12. The van der Waals surface area contributed by atoms with Crippen LogP contribution in [0.5, 0.6) is 0 Å². The number of rotatable bonds is 5. The third-order valence-electron chi connectivity index (χ3n) is 4.72. The largest absolute Gasteiger partial charge is 0.394 e. The smallest absolute Gasteiger partial charge is 0.0644 e. The third kappa shape index (κ3) is 3.39. The van der Waals surface area contributed by atoms with E-state index in [0.717, 1.165) is 19.6 Å². The second-order valence-electron chi connectivity index (χ2n) is 6.18. The number of aromatic nitrogens is 2. The summed E-state index contributed by atoms with van der Waals surface area (Å²) in [5.41, 5.74) is 4.10. The van der Waals surface area contributed by atoms with Crippen LogP contribution in [0.1, 0.15) is 35.6 Å². The third-order valence-corrected chi connectivity index (χ3v) is 4.72. The summed E-state index contributed by atoms with van der Waals surface area (Å²) in [6.07, 6.45) is 4.19. The van der Waals surface area contributed by atoms with E-state index in [-0.39, 0.29) is 6.61 Å². The van der Waals surface area contributed by atoms with Gasteiger partial charge in [-0.05, 0) is 50.0 Å². The lowest BCUT2D eigenvalue weighted by molar-refractivity contribution is 0.198. The number of likely N-dealkylation sites (tertiary alicyclic amines) is 1. The van der Waals surface area contributed by atoms with Crippen LogP contribution in [0, 0.1) is 6.92 Å². The van der Waals surface area contributed by atoms with E-state index in [1.165, 1.54) is 29.7 Å². The van der Waals surface area contributed by atoms with Crippen LogP contribution in [0.4, 0.5) is 0 Å². The number of hydrogen-bond donors (Lipinski definition) is 1. The maximum absolute atomic E-state index is 9.12. The minimum absolute atomic E-state index is 0.154. The van der Waals surface area contributed by atoms with Crippen LogP contribution in [0.25, 0.3) is 0 Å². The van der Waals surface area contributed by atoms with Crippen molar-refractivity contribution in [3.63, 3.8) is 0 Å². The molecule has 0 atom stereocenters. The zero-order chi connectivity index (χ0) is 15.4. The summed E-state index contributed by atoms with van der Waals surface area (Å²) in [5.74, 6) is 0.571. The zero-order valence-electron chi connectivity index (χ0n) is 13.3. The first-order valence-corrected chi connectivity index (χ1v) is 8.17. The van der Waals surface area contributed by atoms with Crippen molar-refractivity contribution in [2.45, 2.75) is 38.8 Å². The normalized spacial score (nSPS) is 17.0. The molecule has 4 heteroatoms. The van der Waals surface area contributed by atoms with Gasteiger partial charge < -0.3 is 5.11 Å². The molecule has 3 rings (SSSR count). The lowest BCUT2D eigenvalue weighted by atomic mass is 9.93. The Morgan fingerprint density at radius 2 is 1.95 bits per heavy atom. The molecule has 0 saturated carbocycles. The molecule has 4 nitrogen and oxygen atoms in total. The van der Waals surface area contributed by atoms with E-state index in [0.29, 0.717) is 12.5 Å². The SMILES string of the molecule is Cc1ccccc1CN1CCC(c2ccnn2CCO)CC1. The topological polar surface area (TPSA) is 41.3 Å². The molecule has 1 aromatic heterocycles. The standard InChI is InChI=1S/C18H25N3O/c1-15-4-2-3-5-17(15)14-20-10-7-16(8-11-20)18-6-9-19-21(18)12-13-22/h2-6,9,16,22H,7-8,10-14H2,1H3. The predicted octanol–water partition coefficient (Wildman–Crippen LogP) is 2.56. The molecule has 22 heavy (non-hydrogen) atoms. The van der Waals surface area contributed by atoms with E-state index >= 15 is 0 Å². The van der Waals surface area contributed by atoms with E-state index in [1.54, 1.807) is 0 Å². The summed E-state index contributed by atoms with van der Waals surface area (Å²) in [7, 11) is 0. The van der Waals surface area contributed by atoms with Crippen molar-refractivity contribution in [3.05, 3.63) is 53.3 Å².